The van der Waals surface area contributed by atoms with Crippen LogP contribution in [0.3, 0.4) is 0 Å². The number of anilines is 1. The fraction of sp³-hybridized carbons (Fsp3) is 0.190. The molecule has 0 saturated carbocycles. The summed E-state index contributed by atoms with van der Waals surface area (Å²) in [4.78, 5) is 18.4. The summed E-state index contributed by atoms with van der Waals surface area (Å²) in [7, 11) is 1.88. The van der Waals surface area contributed by atoms with Crippen LogP contribution in [0.1, 0.15) is 18.1 Å². The number of fused-ring (bicyclic) bond motifs is 1. The van der Waals surface area contributed by atoms with Gasteiger partial charge in [-0.2, -0.15) is 0 Å². The molecule has 0 saturated heterocycles. The maximum atomic E-state index is 11.2. The summed E-state index contributed by atoms with van der Waals surface area (Å²) in [6.45, 7) is 3.17. The zero-order chi connectivity index (χ0) is 20.2. The number of nitrogens with one attached hydrogen (secondary N) is 4. The predicted octanol–water partition coefficient (Wildman–Crippen LogP) is 2.98. The van der Waals surface area contributed by atoms with Gasteiger partial charge >= 0.3 is 0 Å². The minimum Gasteiger partial charge on any atom is -0.378 e. The molecule has 0 aliphatic rings. The molecule has 6 nitrogen and oxygen atoms in total. The molecule has 3 aromatic rings. The van der Waals surface area contributed by atoms with Crippen LogP contribution in [0, 0.1) is 11.8 Å². The second-order valence-corrected chi connectivity index (χ2v) is 6.00. The molecule has 0 unspecified atom stereocenters. The first-order chi connectivity index (χ1) is 13.7. The van der Waals surface area contributed by atoms with Crippen LogP contribution >= 0.6 is 12.2 Å². The third kappa shape index (κ3) is 6.50. The van der Waals surface area contributed by atoms with Crippen LogP contribution in [-0.2, 0) is 17.9 Å². The van der Waals surface area contributed by atoms with E-state index in [1.54, 1.807) is 13.1 Å². The monoisotopic (exact) mass is 393 g/mol. The third-order valence-electron chi connectivity index (χ3n) is 3.73. The number of benzene rings is 1. The number of rotatable bonds is 6. The van der Waals surface area contributed by atoms with Gasteiger partial charge < -0.3 is 20.9 Å². The molecule has 7 heteroatoms. The lowest BCUT2D eigenvalue weighted by Crippen LogP contribution is -2.09. The van der Waals surface area contributed by atoms with Crippen LogP contribution in [0.25, 0.3) is 11.0 Å². The molecular formula is C21H23N5OS. The second-order valence-electron chi connectivity index (χ2n) is 5.77. The summed E-state index contributed by atoms with van der Waals surface area (Å²) in [5.74, 6) is 4.70. The van der Waals surface area contributed by atoms with E-state index in [0.29, 0.717) is 0 Å². The highest BCUT2D eigenvalue weighted by Crippen LogP contribution is 2.14. The molecule has 28 heavy (non-hydrogen) atoms. The molecule has 1 aromatic carbocycles. The Kier molecular flexibility index (Phi) is 8.66. The molecule has 0 radical (unpaired) electrons. The molecule has 3 rings (SSSR count). The van der Waals surface area contributed by atoms with Crippen molar-refractivity contribution in [1.29, 1.82) is 0 Å². The molecule has 0 aliphatic heterocycles. The SMILES string of the molecule is CC#CC(=O)Nc1cccc(CNC)c1.S=CNCc1ccnc2[nH]ccc12. The Balaban J connectivity index is 0.000000202. The number of amides is 1. The van der Waals surface area contributed by atoms with Crippen molar-refractivity contribution in [2.45, 2.75) is 20.0 Å². The molecule has 144 valence electrons. The summed E-state index contributed by atoms with van der Waals surface area (Å²) < 4.78 is 0. The van der Waals surface area contributed by atoms with Gasteiger partial charge in [0.05, 0.1) is 5.49 Å². The normalized spacial score (nSPS) is 9.50. The van der Waals surface area contributed by atoms with E-state index in [4.69, 9.17) is 12.2 Å². The number of aromatic nitrogens is 2. The standard InChI is InChI=1S/C12H14N2O.C9H9N3S/c1-3-5-12(15)14-11-7-4-6-10(8-11)9-13-2;13-6-10-5-7-1-3-11-9-8(7)2-4-12-9/h4,6-8,13H,9H2,1-2H3,(H,14,15);1-4,6H,5H2,(H,10,13)(H,11,12). The van der Waals surface area contributed by atoms with Crippen LogP contribution < -0.4 is 16.0 Å². The number of hydrogen-bond acceptors (Lipinski definition) is 4. The fourth-order valence-corrected chi connectivity index (χ4v) is 2.65. The smallest absolute Gasteiger partial charge is 0.300 e. The van der Waals surface area contributed by atoms with Gasteiger partial charge in [-0.25, -0.2) is 4.98 Å². The van der Waals surface area contributed by atoms with Gasteiger partial charge in [0.2, 0.25) is 0 Å². The van der Waals surface area contributed by atoms with Crippen molar-refractivity contribution >= 4 is 40.3 Å². The van der Waals surface area contributed by atoms with E-state index in [-0.39, 0.29) is 5.91 Å². The van der Waals surface area contributed by atoms with Crippen LogP contribution in [0.15, 0.2) is 48.8 Å². The first kappa shape index (κ1) is 21.1. The van der Waals surface area contributed by atoms with Gasteiger partial charge in [-0.1, -0.05) is 30.3 Å². The lowest BCUT2D eigenvalue weighted by Gasteiger charge is -2.04. The summed E-state index contributed by atoms with van der Waals surface area (Å²) in [6, 6.07) is 11.7. The van der Waals surface area contributed by atoms with Gasteiger partial charge in [0.25, 0.3) is 5.91 Å². The van der Waals surface area contributed by atoms with Crippen molar-refractivity contribution in [2.24, 2.45) is 0 Å². The van der Waals surface area contributed by atoms with E-state index in [0.717, 1.165) is 35.4 Å². The molecular weight excluding hydrogens is 370 g/mol. The number of carbonyl (C=O) groups is 1. The van der Waals surface area contributed by atoms with Gasteiger partial charge in [-0.3, -0.25) is 4.79 Å². The Morgan fingerprint density at radius 3 is 2.89 bits per heavy atom. The van der Waals surface area contributed by atoms with Crippen molar-refractivity contribution in [1.82, 2.24) is 20.6 Å². The second kappa shape index (κ2) is 11.5. The van der Waals surface area contributed by atoms with Crippen molar-refractivity contribution in [3.8, 4) is 11.8 Å². The fourth-order valence-electron chi connectivity index (χ4n) is 2.56. The van der Waals surface area contributed by atoms with E-state index in [1.807, 2.05) is 49.6 Å². The van der Waals surface area contributed by atoms with Gasteiger partial charge in [-0.05, 0) is 55.3 Å². The maximum Gasteiger partial charge on any atom is 0.300 e. The maximum absolute atomic E-state index is 11.2. The van der Waals surface area contributed by atoms with Gasteiger partial charge in [0.1, 0.15) is 5.65 Å². The number of thiocarbonyl (C=S) groups is 1. The van der Waals surface area contributed by atoms with E-state index in [9.17, 15) is 4.79 Å². The zero-order valence-electron chi connectivity index (χ0n) is 15.9. The van der Waals surface area contributed by atoms with Crippen molar-refractivity contribution in [3.63, 3.8) is 0 Å². The summed E-state index contributed by atoms with van der Waals surface area (Å²) in [5, 5.41) is 9.89. The minimum absolute atomic E-state index is 0.279. The summed E-state index contributed by atoms with van der Waals surface area (Å²) in [5.41, 5.74) is 5.55. The average Bonchev–Trinajstić information content (AvgIpc) is 3.17. The number of pyridine rings is 1. The highest BCUT2D eigenvalue weighted by Gasteiger charge is 2.00. The molecule has 0 aliphatic carbocycles. The Morgan fingerprint density at radius 1 is 1.29 bits per heavy atom. The molecule has 0 atom stereocenters. The number of carbonyl (C=O) groups excluding carboxylic acids is 1. The topological polar surface area (TPSA) is 81.8 Å². The number of hydrogen-bond donors (Lipinski definition) is 4. The third-order valence-corrected chi connectivity index (χ3v) is 3.90. The van der Waals surface area contributed by atoms with Crippen molar-refractivity contribution in [3.05, 3.63) is 59.9 Å². The zero-order valence-corrected chi connectivity index (χ0v) is 16.7. The van der Waals surface area contributed by atoms with E-state index >= 15 is 0 Å². The molecule has 0 bridgehead atoms. The van der Waals surface area contributed by atoms with E-state index in [2.05, 4.69) is 37.8 Å². The number of nitrogens with zero attached hydrogens (tertiary/aromatic N) is 1. The summed E-state index contributed by atoms with van der Waals surface area (Å²) in [6.07, 6.45) is 3.68. The van der Waals surface area contributed by atoms with Crippen LogP contribution in [0.4, 0.5) is 5.69 Å². The Labute approximate surface area is 170 Å². The number of H-pyrrole nitrogens is 1. The molecule has 2 heterocycles. The molecule has 0 spiro atoms. The van der Waals surface area contributed by atoms with Gasteiger partial charge in [0, 0.05) is 36.6 Å². The van der Waals surface area contributed by atoms with Crippen LogP contribution in [-0.4, -0.2) is 28.4 Å². The molecule has 0 fully saturated rings. The van der Waals surface area contributed by atoms with E-state index in [1.165, 1.54) is 11.1 Å². The molecule has 2 aromatic heterocycles. The minimum atomic E-state index is -0.279. The Bertz CT molecular complexity index is 987. The average molecular weight is 394 g/mol. The number of aromatic amines is 1. The Hall–Kier alpha value is -3.21. The largest absolute Gasteiger partial charge is 0.378 e. The first-order valence-electron chi connectivity index (χ1n) is 8.73. The van der Waals surface area contributed by atoms with Crippen LogP contribution in [0.2, 0.25) is 0 Å². The quantitative estimate of drug-likeness (QED) is 0.382. The van der Waals surface area contributed by atoms with Gasteiger partial charge in [0.15, 0.2) is 0 Å². The van der Waals surface area contributed by atoms with Gasteiger partial charge in [-0.15, -0.1) is 0 Å². The summed E-state index contributed by atoms with van der Waals surface area (Å²) >= 11 is 4.69. The van der Waals surface area contributed by atoms with E-state index < -0.39 is 0 Å². The lowest BCUT2D eigenvalue weighted by atomic mass is 10.2. The first-order valence-corrected chi connectivity index (χ1v) is 9.20. The highest BCUT2D eigenvalue weighted by atomic mass is 32.1. The van der Waals surface area contributed by atoms with Crippen LogP contribution in [0.5, 0.6) is 0 Å². The molecule has 1 amide bonds. The highest BCUT2D eigenvalue weighted by molar-refractivity contribution is 7.78. The Morgan fingerprint density at radius 2 is 2.14 bits per heavy atom. The van der Waals surface area contributed by atoms with Crippen molar-refractivity contribution in [2.75, 3.05) is 12.4 Å². The van der Waals surface area contributed by atoms with Crippen molar-refractivity contribution < 1.29 is 4.79 Å². The molecule has 4 N–H and O–H groups in total. The predicted molar refractivity (Wildman–Crippen MR) is 118 cm³/mol. The lowest BCUT2D eigenvalue weighted by molar-refractivity contribution is -0.111.